The zero-order chi connectivity index (χ0) is 17.8. The van der Waals surface area contributed by atoms with Crippen LogP contribution in [0.2, 0.25) is 0 Å². The van der Waals surface area contributed by atoms with Crippen LogP contribution in [-0.2, 0) is 13.1 Å². The number of aryl methyl sites for hydroxylation is 1. The maximum absolute atomic E-state index is 12.5. The van der Waals surface area contributed by atoms with Gasteiger partial charge in [-0.2, -0.15) is 5.10 Å². The van der Waals surface area contributed by atoms with E-state index in [0.717, 1.165) is 32.7 Å². The molecular weight excluding hydrogens is 314 g/mol. The van der Waals surface area contributed by atoms with E-state index in [4.69, 9.17) is 0 Å². The lowest BCUT2D eigenvalue weighted by molar-refractivity contribution is 0.0192. The molecule has 0 saturated carbocycles. The zero-order valence-corrected chi connectivity index (χ0v) is 15.3. The molecule has 0 unspecified atom stereocenters. The lowest BCUT2D eigenvalue weighted by Crippen LogP contribution is -2.61. The molecule has 3 heterocycles. The third-order valence-electron chi connectivity index (χ3n) is 4.58. The Labute approximate surface area is 149 Å². The van der Waals surface area contributed by atoms with Gasteiger partial charge in [0.15, 0.2) is 0 Å². The van der Waals surface area contributed by atoms with Gasteiger partial charge in [-0.15, -0.1) is 0 Å². The number of aromatic nitrogens is 3. The fraction of sp³-hybridized carbons (Fsp3) is 0.526. The molecule has 2 aromatic rings. The minimum absolute atomic E-state index is 0.0388. The fourth-order valence-electron chi connectivity index (χ4n) is 3.20. The van der Waals surface area contributed by atoms with Crippen molar-refractivity contribution in [2.45, 2.75) is 39.9 Å². The normalized spacial score (nSPS) is 15.0. The third kappa shape index (κ3) is 4.25. The molecule has 6 heteroatoms. The highest BCUT2D eigenvalue weighted by Crippen LogP contribution is 2.21. The Bertz CT molecular complexity index is 691. The summed E-state index contributed by atoms with van der Waals surface area (Å²) in [5.74, 6) is 0.628. The van der Waals surface area contributed by atoms with Crippen LogP contribution in [0.15, 0.2) is 36.8 Å². The summed E-state index contributed by atoms with van der Waals surface area (Å²) >= 11 is 0. The van der Waals surface area contributed by atoms with Gasteiger partial charge >= 0.3 is 0 Å². The van der Waals surface area contributed by atoms with Crippen LogP contribution < -0.4 is 0 Å². The first kappa shape index (κ1) is 17.6. The van der Waals surface area contributed by atoms with E-state index in [2.05, 4.69) is 41.0 Å². The number of amides is 1. The van der Waals surface area contributed by atoms with Crippen molar-refractivity contribution in [1.29, 1.82) is 0 Å². The molecule has 3 rings (SSSR count). The first-order valence-corrected chi connectivity index (χ1v) is 9.02. The van der Waals surface area contributed by atoms with Crippen molar-refractivity contribution in [3.8, 4) is 0 Å². The largest absolute Gasteiger partial charge is 0.334 e. The van der Waals surface area contributed by atoms with Gasteiger partial charge in [-0.3, -0.25) is 19.4 Å². The van der Waals surface area contributed by atoms with Crippen molar-refractivity contribution in [2.75, 3.05) is 19.6 Å². The van der Waals surface area contributed by atoms with Crippen LogP contribution in [0.1, 0.15) is 36.8 Å². The maximum atomic E-state index is 12.5. The van der Waals surface area contributed by atoms with Gasteiger partial charge in [-0.25, -0.2) is 0 Å². The van der Waals surface area contributed by atoms with Crippen LogP contribution in [0, 0.1) is 5.92 Å². The second-order valence-electron chi connectivity index (χ2n) is 7.10. The van der Waals surface area contributed by atoms with Gasteiger partial charge in [0.25, 0.3) is 5.91 Å². The summed E-state index contributed by atoms with van der Waals surface area (Å²) in [5, 5.41) is 4.32. The quantitative estimate of drug-likeness (QED) is 0.775. The number of carbonyl (C=O) groups is 1. The number of hydrogen-bond acceptors (Lipinski definition) is 4. The maximum Gasteiger partial charge on any atom is 0.274 e. The Hall–Kier alpha value is -2.21. The second kappa shape index (κ2) is 7.78. The van der Waals surface area contributed by atoms with E-state index in [9.17, 15) is 4.79 Å². The highest BCUT2D eigenvalue weighted by molar-refractivity contribution is 5.92. The predicted octanol–water partition coefficient (Wildman–Crippen LogP) is 2.28. The summed E-state index contributed by atoms with van der Waals surface area (Å²) in [5.41, 5.74) is 1.81. The molecule has 1 fully saturated rings. The van der Waals surface area contributed by atoms with Crippen LogP contribution in [0.4, 0.5) is 0 Å². The molecule has 0 aromatic carbocycles. The van der Waals surface area contributed by atoms with Gasteiger partial charge in [0.05, 0.1) is 0 Å². The average Bonchev–Trinajstić information content (AvgIpc) is 3.03. The minimum Gasteiger partial charge on any atom is -0.334 e. The molecule has 0 atom stereocenters. The zero-order valence-electron chi connectivity index (χ0n) is 15.3. The molecule has 1 aliphatic rings. The molecule has 25 heavy (non-hydrogen) atoms. The minimum atomic E-state index is 0.0388. The lowest BCUT2D eigenvalue weighted by atomic mass is 10.0. The topological polar surface area (TPSA) is 54.3 Å². The fourth-order valence-corrected chi connectivity index (χ4v) is 3.20. The number of hydrogen-bond donors (Lipinski definition) is 0. The average molecular weight is 341 g/mol. The molecule has 6 nitrogen and oxygen atoms in total. The molecule has 0 radical (unpaired) electrons. The summed E-state index contributed by atoms with van der Waals surface area (Å²) in [6, 6.07) is 6.34. The van der Waals surface area contributed by atoms with Crippen LogP contribution in [-0.4, -0.2) is 56.1 Å². The molecular formula is C19H27N5O. The molecule has 0 N–H and O–H groups in total. The smallest absolute Gasteiger partial charge is 0.274 e. The summed E-state index contributed by atoms with van der Waals surface area (Å²) in [7, 11) is 0. The van der Waals surface area contributed by atoms with Crippen LogP contribution in [0.25, 0.3) is 0 Å². The Kier molecular flexibility index (Phi) is 5.48. The van der Waals surface area contributed by atoms with Gasteiger partial charge in [0, 0.05) is 57.4 Å². The first-order chi connectivity index (χ1) is 12.1. The molecule has 1 aliphatic heterocycles. The van der Waals surface area contributed by atoms with E-state index >= 15 is 0 Å². The highest BCUT2D eigenvalue weighted by atomic mass is 16.2. The molecule has 134 valence electrons. The SMILES string of the molecule is CCn1ccc(C(=O)N2CC(N(Cc3ccncc3)CC(C)C)C2)n1. The van der Waals surface area contributed by atoms with Gasteiger partial charge < -0.3 is 4.90 Å². The molecule has 0 aliphatic carbocycles. The number of pyridine rings is 1. The Morgan fingerprint density at radius 1 is 1.28 bits per heavy atom. The van der Waals surface area contributed by atoms with E-state index in [-0.39, 0.29) is 5.91 Å². The first-order valence-electron chi connectivity index (χ1n) is 9.02. The monoisotopic (exact) mass is 341 g/mol. The number of carbonyl (C=O) groups excluding carboxylic acids is 1. The third-order valence-corrected chi connectivity index (χ3v) is 4.58. The van der Waals surface area contributed by atoms with Crippen LogP contribution >= 0.6 is 0 Å². The van der Waals surface area contributed by atoms with Gasteiger partial charge in [0.2, 0.25) is 0 Å². The number of nitrogens with zero attached hydrogens (tertiary/aromatic N) is 5. The summed E-state index contributed by atoms with van der Waals surface area (Å²) in [6.07, 6.45) is 5.53. The highest BCUT2D eigenvalue weighted by Gasteiger charge is 2.36. The van der Waals surface area contributed by atoms with Gasteiger partial charge in [0.1, 0.15) is 5.69 Å². The van der Waals surface area contributed by atoms with Crippen molar-refractivity contribution < 1.29 is 4.79 Å². The van der Waals surface area contributed by atoms with Crippen LogP contribution in [0.5, 0.6) is 0 Å². The summed E-state index contributed by atoms with van der Waals surface area (Å²) in [4.78, 5) is 21.0. The van der Waals surface area contributed by atoms with Crippen molar-refractivity contribution in [3.05, 3.63) is 48.0 Å². The lowest BCUT2D eigenvalue weighted by Gasteiger charge is -2.45. The van der Waals surface area contributed by atoms with Crippen molar-refractivity contribution in [2.24, 2.45) is 5.92 Å². The van der Waals surface area contributed by atoms with Gasteiger partial charge in [-0.1, -0.05) is 13.8 Å². The summed E-state index contributed by atoms with van der Waals surface area (Å²) < 4.78 is 1.79. The van der Waals surface area contributed by atoms with E-state index < -0.39 is 0 Å². The van der Waals surface area contributed by atoms with E-state index in [1.165, 1.54) is 5.56 Å². The summed E-state index contributed by atoms with van der Waals surface area (Å²) in [6.45, 7) is 10.7. The van der Waals surface area contributed by atoms with Crippen LogP contribution in [0.3, 0.4) is 0 Å². The molecule has 0 bridgehead atoms. The predicted molar refractivity (Wildman–Crippen MR) is 97.1 cm³/mol. The second-order valence-corrected chi connectivity index (χ2v) is 7.10. The molecule has 0 spiro atoms. The Balaban J connectivity index is 1.60. The van der Waals surface area contributed by atoms with E-state index in [1.807, 2.05) is 36.5 Å². The Morgan fingerprint density at radius 3 is 2.60 bits per heavy atom. The van der Waals surface area contributed by atoms with Crippen molar-refractivity contribution in [3.63, 3.8) is 0 Å². The molecule has 2 aromatic heterocycles. The van der Waals surface area contributed by atoms with Crippen molar-refractivity contribution >= 4 is 5.91 Å². The van der Waals surface area contributed by atoms with Gasteiger partial charge in [-0.05, 0) is 36.6 Å². The molecule has 1 amide bonds. The molecule has 1 saturated heterocycles. The standard InChI is InChI=1S/C19H27N5O/c1-4-24-10-7-18(21-24)19(25)23-13-17(14-23)22(11-15(2)3)12-16-5-8-20-9-6-16/h5-10,15,17H,4,11-14H2,1-3H3. The van der Waals surface area contributed by atoms with E-state index in [1.54, 1.807) is 4.68 Å². The number of likely N-dealkylation sites (tertiary alicyclic amines) is 1. The Morgan fingerprint density at radius 2 is 2.00 bits per heavy atom. The van der Waals surface area contributed by atoms with E-state index in [0.29, 0.717) is 17.7 Å². The number of rotatable bonds is 7. The van der Waals surface area contributed by atoms with Crippen molar-refractivity contribution in [1.82, 2.24) is 24.6 Å².